The van der Waals surface area contributed by atoms with E-state index in [1.165, 1.54) is 0 Å². The molecule has 0 aromatic carbocycles. The van der Waals surface area contributed by atoms with Gasteiger partial charge in [-0.1, -0.05) is 0 Å². The van der Waals surface area contributed by atoms with E-state index in [0.717, 1.165) is 12.2 Å². The predicted octanol–water partition coefficient (Wildman–Crippen LogP) is -0.319. The maximum absolute atomic E-state index is 10.1. The van der Waals surface area contributed by atoms with Crippen LogP contribution in [0.1, 0.15) is 0 Å². The van der Waals surface area contributed by atoms with Gasteiger partial charge in [0.15, 0.2) is 0 Å². The fourth-order valence-corrected chi connectivity index (χ4v) is 0.308. The first-order valence-electron chi connectivity index (χ1n) is 1.97. The van der Waals surface area contributed by atoms with Gasteiger partial charge in [-0.25, -0.2) is 0 Å². The van der Waals surface area contributed by atoms with Crippen LogP contribution < -0.4 is 0 Å². The minimum Gasteiger partial charge on any atom is -0.266 e. The average Bonchev–Trinajstić information content (AvgIpc) is 1.77. The molecule has 9 heavy (non-hydrogen) atoms. The van der Waals surface area contributed by atoms with Gasteiger partial charge in [0, 0.05) is 41.7 Å². The molecule has 0 aliphatic carbocycles. The van der Waals surface area contributed by atoms with Crippen LogP contribution in [0.25, 0.3) is 0 Å². The molecule has 0 N–H and O–H groups in total. The number of amides is 2. The number of hydrogen-bond donors (Lipinski definition) is 0. The van der Waals surface area contributed by atoms with Crippen molar-refractivity contribution in [3.63, 3.8) is 0 Å². The molecule has 1 radical (unpaired) electrons. The van der Waals surface area contributed by atoms with Gasteiger partial charge in [0.1, 0.15) is 0 Å². The number of hydrogen-bond acceptors (Lipinski definition) is 2. The van der Waals surface area contributed by atoms with Gasteiger partial charge < -0.3 is 0 Å². The van der Waals surface area contributed by atoms with E-state index in [-0.39, 0.29) is 29.6 Å². The van der Waals surface area contributed by atoms with Crippen molar-refractivity contribution < 1.29 is 9.59 Å². The molecule has 0 aromatic heterocycles. The van der Waals surface area contributed by atoms with Gasteiger partial charge in [0.05, 0.1) is 0 Å². The molecule has 0 aromatic rings. The van der Waals surface area contributed by atoms with Gasteiger partial charge in [0.2, 0.25) is 0 Å². The van der Waals surface area contributed by atoms with Gasteiger partial charge in [-0.3, -0.25) is 9.59 Å². The van der Waals surface area contributed by atoms with Crippen LogP contribution in [-0.4, -0.2) is 41.4 Å². The molecule has 0 atom stereocenters. The van der Waals surface area contributed by atoms with Crippen molar-refractivity contribution in [2.45, 2.75) is 0 Å². The van der Waals surface area contributed by atoms with E-state index in [1.807, 2.05) is 0 Å². The maximum Gasteiger partial charge on any atom is 0.288 e. The molecule has 41 valence electrons. The smallest absolute Gasteiger partial charge is 0.266 e. The van der Waals surface area contributed by atoms with E-state index < -0.39 is 11.8 Å². The van der Waals surface area contributed by atoms with Crippen LogP contribution in [0.15, 0.2) is 22.4 Å². The van der Waals surface area contributed by atoms with Crippen molar-refractivity contribution >= 4 is 41.4 Å². The Bertz CT molecular complexity index is 159. The van der Waals surface area contributed by atoms with Gasteiger partial charge in [0.25, 0.3) is 11.8 Å². The van der Waals surface area contributed by atoms with Crippen LogP contribution in [0.3, 0.4) is 0 Å². The Kier molecular flexibility index (Phi) is 3.53. The molecule has 0 saturated carbocycles. The Hall–Kier alpha value is -0.320. The zero-order valence-corrected chi connectivity index (χ0v) is 6.87. The van der Waals surface area contributed by atoms with E-state index in [0.29, 0.717) is 0 Å². The first kappa shape index (κ1) is 8.68. The number of nitrogens with zero attached hydrogens (tertiary/aromatic N) is 2. The number of carbonyl (C=O) groups is 2. The average molecular weight is 133 g/mol. The summed E-state index contributed by atoms with van der Waals surface area (Å²) in [5.74, 6) is -0.964. The molecule has 0 spiro atoms. The molecule has 0 saturated heterocycles. The van der Waals surface area contributed by atoms with Crippen LogP contribution in [0.2, 0.25) is 0 Å². The largest absolute Gasteiger partial charge is 0.288 e. The predicted molar refractivity (Wildman–Crippen MR) is 29.8 cm³/mol. The van der Waals surface area contributed by atoms with Gasteiger partial charge in [-0.05, 0) is 0 Å². The minimum absolute atomic E-state index is 0. The topological polar surface area (TPSA) is 58.9 Å². The second-order valence-corrected chi connectivity index (χ2v) is 1.21. The number of azo groups is 1. The van der Waals surface area contributed by atoms with E-state index >= 15 is 0 Å². The first-order chi connectivity index (χ1) is 3.79. The fraction of sp³-hybridized carbons (Fsp3) is 0. The van der Waals surface area contributed by atoms with Crippen molar-refractivity contribution in [3.8, 4) is 0 Å². The summed E-state index contributed by atoms with van der Waals surface area (Å²) in [7, 11) is 0. The van der Waals surface area contributed by atoms with Crippen LogP contribution in [0.4, 0.5) is 0 Å². The summed E-state index contributed by atoms with van der Waals surface area (Å²) >= 11 is 0. The Morgan fingerprint density at radius 1 is 1.00 bits per heavy atom. The monoisotopic (exact) mass is 133 g/mol. The Balaban J connectivity index is 0.000000640. The van der Waals surface area contributed by atoms with E-state index in [9.17, 15) is 9.59 Å². The SMILES string of the molecule is O=C1C=CC(=O)N=N1.[Na]. The summed E-state index contributed by atoms with van der Waals surface area (Å²) in [6.07, 6.45) is 2.16. The second kappa shape index (κ2) is 3.66. The maximum atomic E-state index is 10.1. The molecule has 4 nitrogen and oxygen atoms in total. The van der Waals surface area contributed by atoms with Crippen LogP contribution in [0.5, 0.6) is 0 Å². The molecule has 0 unspecified atom stereocenters. The Morgan fingerprint density at radius 3 is 1.56 bits per heavy atom. The zero-order valence-electron chi connectivity index (χ0n) is 4.87. The van der Waals surface area contributed by atoms with Gasteiger partial charge in [-0.2, -0.15) is 0 Å². The molecule has 0 fully saturated rings. The van der Waals surface area contributed by atoms with Crippen molar-refractivity contribution in [1.82, 2.24) is 0 Å². The molecule has 1 heterocycles. The summed E-state index contributed by atoms with van der Waals surface area (Å²) in [4.78, 5) is 20.2. The summed E-state index contributed by atoms with van der Waals surface area (Å²) in [6, 6.07) is 0. The summed E-state index contributed by atoms with van der Waals surface area (Å²) in [5, 5.41) is 5.92. The van der Waals surface area contributed by atoms with Crippen molar-refractivity contribution in [2.24, 2.45) is 10.2 Å². The standard InChI is InChI=1S/C4H2N2O2.Na/c7-3-1-2-4(8)6-5-3;/h1-2H;. The Morgan fingerprint density at radius 2 is 1.33 bits per heavy atom. The quantitative estimate of drug-likeness (QED) is 0.425. The fourth-order valence-electron chi connectivity index (χ4n) is 0.308. The molecule has 1 rings (SSSR count). The van der Waals surface area contributed by atoms with Crippen molar-refractivity contribution in [1.29, 1.82) is 0 Å². The Labute approximate surface area is 73.3 Å². The van der Waals surface area contributed by atoms with E-state index in [4.69, 9.17) is 0 Å². The first-order valence-corrected chi connectivity index (χ1v) is 1.97. The van der Waals surface area contributed by atoms with Gasteiger partial charge >= 0.3 is 0 Å². The molecule has 1 aliphatic heterocycles. The third kappa shape index (κ3) is 2.64. The second-order valence-electron chi connectivity index (χ2n) is 1.21. The van der Waals surface area contributed by atoms with Gasteiger partial charge in [-0.15, -0.1) is 10.2 Å². The number of carbonyl (C=O) groups excluding carboxylic acids is 2. The van der Waals surface area contributed by atoms with Crippen LogP contribution in [0, 0.1) is 0 Å². The molecular formula is C4H2N2NaO2. The third-order valence-corrected chi connectivity index (χ3v) is 0.616. The molecule has 5 heteroatoms. The van der Waals surface area contributed by atoms with Crippen molar-refractivity contribution in [3.05, 3.63) is 12.2 Å². The molecular weight excluding hydrogens is 131 g/mol. The summed E-state index contributed by atoms with van der Waals surface area (Å²) < 4.78 is 0. The number of rotatable bonds is 0. The molecule has 2 amide bonds. The summed E-state index contributed by atoms with van der Waals surface area (Å²) in [5.41, 5.74) is 0. The van der Waals surface area contributed by atoms with Crippen LogP contribution in [-0.2, 0) is 9.59 Å². The third-order valence-electron chi connectivity index (χ3n) is 0.616. The molecule has 0 bridgehead atoms. The normalized spacial score (nSPS) is 15.6. The zero-order chi connectivity index (χ0) is 5.98. The van der Waals surface area contributed by atoms with E-state index in [1.54, 1.807) is 0 Å². The van der Waals surface area contributed by atoms with Crippen molar-refractivity contribution in [2.75, 3.05) is 0 Å². The molecule has 1 aliphatic rings. The van der Waals surface area contributed by atoms with E-state index in [2.05, 4.69) is 10.2 Å². The minimum atomic E-state index is -0.482. The summed E-state index contributed by atoms with van der Waals surface area (Å²) in [6.45, 7) is 0. The van der Waals surface area contributed by atoms with Crippen LogP contribution >= 0.6 is 0 Å².